The molecule has 10 heteroatoms. The molecule has 0 saturated carbocycles. The number of nitrogens with zero attached hydrogens (tertiary/aromatic N) is 2. The Labute approximate surface area is 266 Å². The summed E-state index contributed by atoms with van der Waals surface area (Å²) >= 11 is 6.07. The van der Waals surface area contributed by atoms with Crippen LogP contribution in [-0.2, 0) is 14.6 Å². The minimum absolute atomic E-state index is 0. The number of Topliss-reactive ketones (excluding diaryl/α,β-unsaturated/α-hetero) is 1. The van der Waals surface area contributed by atoms with Crippen LogP contribution >= 0.6 is 11.6 Å². The van der Waals surface area contributed by atoms with Gasteiger partial charge >= 0.3 is 51.4 Å². The maximum atomic E-state index is 12.7. The zero-order valence-corrected chi connectivity index (χ0v) is 27.8. The third-order valence-corrected chi connectivity index (χ3v) is 6.14. The number of rotatable bonds is 12. The van der Waals surface area contributed by atoms with Crippen LogP contribution in [0, 0.1) is 23.7 Å². The average molecular weight is 572 g/mol. The summed E-state index contributed by atoms with van der Waals surface area (Å²) in [4.78, 5) is 18.1. The van der Waals surface area contributed by atoms with Gasteiger partial charge in [0.1, 0.15) is 21.4 Å². The first-order valence-corrected chi connectivity index (χ1v) is 14.5. The third-order valence-electron chi connectivity index (χ3n) is 5.00. The first-order chi connectivity index (χ1) is 16.3. The van der Waals surface area contributed by atoms with E-state index in [1.165, 1.54) is 19.1 Å². The van der Waals surface area contributed by atoms with Crippen molar-refractivity contribution in [1.82, 2.24) is 4.98 Å². The third kappa shape index (κ3) is 25.6. The van der Waals surface area contributed by atoms with Gasteiger partial charge in [-0.2, -0.15) is 22.7 Å². The molecule has 36 heavy (non-hydrogen) atoms. The van der Waals surface area contributed by atoms with Crippen LogP contribution in [0.15, 0.2) is 28.5 Å². The molecular formula is C26H42ClFKN2O4S-. The number of carbonyl (C=O) groups excluding carboxylic acids is 1. The second-order valence-corrected chi connectivity index (χ2v) is 11.0. The first-order valence-electron chi connectivity index (χ1n) is 12.0. The molecule has 0 aliphatic heterocycles. The van der Waals surface area contributed by atoms with Gasteiger partial charge in [-0.25, -0.2) is 12.8 Å². The Balaban J connectivity index is -0.000000565. The summed E-state index contributed by atoms with van der Waals surface area (Å²) in [5.41, 5.74) is 0.446. The van der Waals surface area contributed by atoms with Crippen molar-refractivity contribution in [1.29, 1.82) is 0 Å². The van der Waals surface area contributed by atoms with E-state index in [2.05, 4.69) is 43.0 Å². The number of hydrogen-bond donors (Lipinski definition) is 1. The Morgan fingerprint density at radius 2 is 1.78 bits per heavy atom. The second kappa shape index (κ2) is 24.1. The van der Waals surface area contributed by atoms with E-state index < -0.39 is 9.84 Å². The fourth-order valence-electron chi connectivity index (χ4n) is 2.45. The van der Waals surface area contributed by atoms with Crippen molar-refractivity contribution in [2.75, 3.05) is 12.0 Å². The van der Waals surface area contributed by atoms with Crippen LogP contribution in [0.5, 0.6) is 0 Å². The smallest absolute Gasteiger partial charge is 0.526 e. The largest absolute Gasteiger partial charge is 1.00 e. The predicted molar refractivity (Wildman–Crippen MR) is 143 cm³/mol. The van der Waals surface area contributed by atoms with Gasteiger partial charge in [0.15, 0.2) is 0 Å². The molecular weight excluding hydrogens is 530 g/mol. The number of aromatic nitrogens is 1. The molecule has 202 valence electrons. The molecule has 0 fully saturated rings. The number of pyridine rings is 1. The molecule has 1 aromatic heterocycles. The number of sulfone groups is 1. The number of aliphatic hydroxyl groups is 1. The van der Waals surface area contributed by atoms with Crippen molar-refractivity contribution in [3.8, 4) is 0 Å². The van der Waals surface area contributed by atoms with E-state index in [0.717, 1.165) is 44.6 Å². The standard InChI is InChI=1S/C16H20ClFN2.C5H10O3S.C5H12O.K/c1-4-6-13(12(3)5-2)9-16(17)20-11-15-8-7-14(18)10-19-15;1-5(6)3-4-9(2,7)8;1-3-5(6)4-2;/h7-8,10,12-13H,4-6H2,1-3H3;3-4H2,1-2H3;5-6H,3-4H2,1-2H3;/q-2;;;+1/t12-,13-;;;/m0.../s1. The number of carbonyl (C=O) groups is 1. The summed E-state index contributed by atoms with van der Waals surface area (Å²) in [6.07, 6.45) is 13.2. The van der Waals surface area contributed by atoms with Crippen molar-refractivity contribution in [2.45, 2.75) is 86.2 Å². The monoisotopic (exact) mass is 571 g/mol. The Hall–Kier alpha value is -0.00364. The number of allylic oxidation sites excluding steroid dienone is 1. The fraction of sp³-hybridized carbons (Fsp3) is 0.654. The quantitative estimate of drug-likeness (QED) is 0.180. The molecule has 0 spiro atoms. The van der Waals surface area contributed by atoms with Crippen LogP contribution in [0.1, 0.15) is 85.8 Å². The summed E-state index contributed by atoms with van der Waals surface area (Å²) in [5.74, 6) is 0.318. The van der Waals surface area contributed by atoms with E-state index in [1.54, 1.807) is 0 Å². The number of hydrogen-bond acceptors (Lipinski definition) is 6. The van der Waals surface area contributed by atoms with Gasteiger partial charge in [-0.05, 0) is 25.5 Å². The predicted octanol–water partition coefficient (Wildman–Crippen LogP) is 3.04. The minimum atomic E-state index is -2.94. The minimum Gasteiger partial charge on any atom is -0.526 e. The molecule has 1 N–H and O–H groups in total. The van der Waals surface area contributed by atoms with Crippen LogP contribution in [0.3, 0.4) is 0 Å². The zero-order valence-electron chi connectivity index (χ0n) is 23.1. The number of aliphatic imine (C=N–C) groups is 1. The number of aliphatic hydroxyl groups excluding tert-OH is 1. The topological polar surface area (TPSA) is 96.7 Å². The van der Waals surface area contributed by atoms with Crippen molar-refractivity contribution in [2.24, 2.45) is 16.8 Å². The van der Waals surface area contributed by atoms with E-state index in [-0.39, 0.29) is 86.4 Å². The van der Waals surface area contributed by atoms with Crippen molar-refractivity contribution >= 4 is 33.4 Å². The molecule has 2 atom stereocenters. The molecule has 0 aliphatic carbocycles. The summed E-state index contributed by atoms with van der Waals surface area (Å²) in [6, 6.07) is 2.81. The Morgan fingerprint density at radius 3 is 2.11 bits per heavy atom. The summed E-state index contributed by atoms with van der Waals surface area (Å²) in [7, 11) is -2.94. The summed E-state index contributed by atoms with van der Waals surface area (Å²) in [5, 5.41) is 8.95. The molecule has 6 nitrogen and oxygen atoms in total. The van der Waals surface area contributed by atoms with Crippen molar-refractivity contribution in [3.05, 3.63) is 41.1 Å². The SMILES string of the molecule is CC(=O)CCS(C)(=O)=O.CCC(O)CC.CCC[C@@H]([C-]=C(Cl)N=[C-]c1ccc(F)cn1)[C@@H](C)CC.[K+]. The van der Waals surface area contributed by atoms with Crippen LogP contribution in [0.4, 0.5) is 4.39 Å². The molecule has 0 unspecified atom stereocenters. The molecule has 0 aromatic carbocycles. The van der Waals surface area contributed by atoms with E-state index in [0.29, 0.717) is 17.5 Å². The normalized spacial score (nSPS) is 13.1. The van der Waals surface area contributed by atoms with Gasteiger partial charge < -0.3 is 16.2 Å². The second-order valence-electron chi connectivity index (χ2n) is 8.35. The molecule has 1 heterocycles. The van der Waals surface area contributed by atoms with Crippen molar-refractivity contribution in [3.63, 3.8) is 0 Å². The molecule has 0 radical (unpaired) electrons. The van der Waals surface area contributed by atoms with Crippen LogP contribution in [-0.4, -0.2) is 48.6 Å². The number of ketones is 1. The van der Waals surface area contributed by atoms with Crippen LogP contribution in [0.25, 0.3) is 0 Å². The van der Waals surface area contributed by atoms with Gasteiger partial charge in [-0.15, -0.1) is 6.07 Å². The van der Waals surface area contributed by atoms with Gasteiger partial charge in [0, 0.05) is 12.7 Å². The Kier molecular flexibility index (Phi) is 27.1. The molecule has 0 saturated heterocycles. The fourth-order valence-corrected chi connectivity index (χ4v) is 3.29. The molecule has 1 rings (SSSR count). The van der Waals surface area contributed by atoms with Gasteiger partial charge in [0.25, 0.3) is 0 Å². The van der Waals surface area contributed by atoms with Crippen molar-refractivity contribution < 1.29 is 74.1 Å². The molecule has 1 aromatic rings. The maximum absolute atomic E-state index is 12.7. The van der Waals surface area contributed by atoms with Gasteiger partial charge in [0.05, 0.1) is 18.1 Å². The zero-order chi connectivity index (χ0) is 27.4. The Bertz CT molecular complexity index is 861. The molecule has 0 bridgehead atoms. The van der Waals surface area contributed by atoms with Gasteiger partial charge in [-0.3, -0.25) is 9.78 Å². The first kappa shape index (κ1) is 40.5. The maximum Gasteiger partial charge on any atom is 1.00 e. The molecule has 0 amide bonds. The molecule has 0 aliphatic rings. The van der Waals surface area contributed by atoms with E-state index in [4.69, 9.17) is 16.7 Å². The Morgan fingerprint density at radius 1 is 1.19 bits per heavy atom. The average Bonchev–Trinajstić information content (AvgIpc) is 2.81. The van der Waals surface area contributed by atoms with E-state index >= 15 is 0 Å². The number of halogens is 2. The van der Waals surface area contributed by atoms with Gasteiger partial charge in [0.2, 0.25) is 0 Å². The summed E-state index contributed by atoms with van der Waals surface area (Å²) < 4.78 is 33.5. The van der Waals surface area contributed by atoms with E-state index in [1.807, 2.05) is 13.8 Å². The summed E-state index contributed by atoms with van der Waals surface area (Å²) in [6.45, 7) is 11.8. The van der Waals surface area contributed by atoms with E-state index in [9.17, 15) is 17.6 Å². The van der Waals surface area contributed by atoms with Crippen LogP contribution in [0.2, 0.25) is 0 Å². The van der Waals surface area contributed by atoms with Gasteiger partial charge in [-0.1, -0.05) is 72.1 Å². The van der Waals surface area contributed by atoms with Crippen LogP contribution < -0.4 is 51.4 Å².